The van der Waals surface area contributed by atoms with Crippen molar-refractivity contribution in [3.8, 4) is 5.75 Å². The van der Waals surface area contributed by atoms with Crippen LogP contribution in [-0.4, -0.2) is 48.0 Å². The minimum atomic E-state index is -0.564. The van der Waals surface area contributed by atoms with Crippen molar-refractivity contribution in [3.05, 3.63) is 96.2 Å². The van der Waals surface area contributed by atoms with Crippen LogP contribution in [-0.2, 0) is 0 Å². The third-order valence-electron chi connectivity index (χ3n) is 5.57. The summed E-state index contributed by atoms with van der Waals surface area (Å²) >= 11 is 0. The van der Waals surface area contributed by atoms with Gasteiger partial charge in [0.15, 0.2) is 0 Å². The van der Waals surface area contributed by atoms with Gasteiger partial charge in [0.25, 0.3) is 5.91 Å². The van der Waals surface area contributed by atoms with E-state index < -0.39 is 6.09 Å². The first-order valence-electron chi connectivity index (χ1n) is 11.6. The Bertz CT molecular complexity index is 1390. The molecule has 1 aromatic heterocycles. The topological polar surface area (TPSA) is 99.7 Å². The van der Waals surface area contributed by atoms with Crippen LogP contribution in [0.15, 0.2) is 85.1 Å². The van der Waals surface area contributed by atoms with Crippen molar-refractivity contribution >= 4 is 40.8 Å². The summed E-state index contributed by atoms with van der Waals surface area (Å²) in [6, 6.07) is 23.5. The molecule has 0 fully saturated rings. The predicted octanol–water partition coefficient (Wildman–Crippen LogP) is 5.61. The third kappa shape index (κ3) is 6.40. The highest BCUT2D eigenvalue weighted by molar-refractivity contribution is 5.96. The van der Waals surface area contributed by atoms with Crippen LogP contribution in [0.3, 0.4) is 0 Å². The van der Waals surface area contributed by atoms with Crippen molar-refractivity contribution in [1.82, 2.24) is 14.9 Å². The Balaban J connectivity index is 1.43. The SMILES string of the molecule is Cc1ccc(Nc2nccc(N(C)c3ccc(NC(=O)Oc4ccccc4)cc3)n2)cc1C(=O)N(C)C. The highest BCUT2D eigenvalue weighted by Gasteiger charge is 2.13. The van der Waals surface area contributed by atoms with Gasteiger partial charge in [0.2, 0.25) is 5.95 Å². The van der Waals surface area contributed by atoms with Crippen LogP contribution in [0.5, 0.6) is 5.75 Å². The maximum absolute atomic E-state index is 12.5. The fourth-order valence-corrected chi connectivity index (χ4v) is 3.54. The molecule has 3 aromatic carbocycles. The number of rotatable bonds is 7. The van der Waals surface area contributed by atoms with E-state index in [0.29, 0.717) is 34.5 Å². The molecule has 0 unspecified atom stereocenters. The molecule has 0 radical (unpaired) electrons. The largest absolute Gasteiger partial charge is 0.417 e. The van der Waals surface area contributed by atoms with Gasteiger partial charge in [-0.15, -0.1) is 0 Å². The maximum atomic E-state index is 12.5. The Morgan fingerprint density at radius 3 is 2.27 bits per heavy atom. The zero-order chi connectivity index (χ0) is 26.4. The molecule has 0 spiro atoms. The maximum Gasteiger partial charge on any atom is 0.417 e. The van der Waals surface area contributed by atoms with Crippen LogP contribution in [0.1, 0.15) is 15.9 Å². The number of hydrogen-bond donors (Lipinski definition) is 2. The van der Waals surface area contributed by atoms with Crippen molar-refractivity contribution in [3.63, 3.8) is 0 Å². The molecule has 0 saturated heterocycles. The first kappa shape index (κ1) is 25.2. The number of hydrogen-bond acceptors (Lipinski definition) is 7. The first-order chi connectivity index (χ1) is 17.8. The number of aromatic nitrogens is 2. The number of carbonyl (C=O) groups is 2. The van der Waals surface area contributed by atoms with Crippen molar-refractivity contribution in [2.75, 3.05) is 36.7 Å². The number of nitrogens with zero attached hydrogens (tertiary/aromatic N) is 4. The van der Waals surface area contributed by atoms with Crippen molar-refractivity contribution in [2.45, 2.75) is 6.92 Å². The Morgan fingerprint density at radius 2 is 1.57 bits per heavy atom. The monoisotopic (exact) mass is 496 g/mol. The number of benzene rings is 3. The number of carbonyl (C=O) groups excluding carboxylic acids is 2. The van der Waals surface area contributed by atoms with Crippen LogP contribution in [0.4, 0.5) is 33.6 Å². The van der Waals surface area contributed by atoms with Gasteiger partial charge in [0.1, 0.15) is 11.6 Å². The van der Waals surface area contributed by atoms with Gasteiger partial charge >= 0.3 is 6.09 Å². The molecule has 9 nitrogen and oxygen atoms in total. The lowest BCUT2D eigenvalue weighted by molar-refractivity contribution is 0.0827. The van der Waals surface area contributed by atoms with Gasteiger partial charge in [-0.1, -0.05) is 24.3 Å². The van der Waals surface area contributed by atoms with E-state index in [9.17, 15) is 9.59 Å². The molecule has 0 aliphatic heterocycles. The van der Waals surface area contributed by atoms with Crippen molar-refractivity contribution in [2.24, 2.45) is 0 Å². The molecular weight excluding hydrogens is 468 g/mol. The van der Waals surface area contributed by atoms with E-state index in [1.54, 1.807) is 73.7 Å². The number of aryl methyl sites for hydroxylation is 1. The highest BCUT2D eigenvalue weighted by Crippen LogP contribution is 2.25. The molecule has 1 heterocycles. The van der Waals surface area contributed by atoms with E-state index in [2.05, 4.69) is 20.6 Å². The minimum absolute atomic E-state index is 0.0678. The van der Waals surface area contributed by atoms with Gasteiger partial charge in [-0.3, -0.25) is 10.1 Å². The second kappa shape index (κ2) is 11.2. The number of ether oxygens (including phenoxy) is 1. The predicted molar refractivity (Wildman–Crippen MR) is 145 cm³/mol. The molecular formula is C28H28N6O3. The summed E-state index contributed by atoms with van der Waals surface area (Å²) in [6.45, 7) is 1.90. The van der Waals surface area contributed by atoms with Crippen LogP contribution < -0.4 is 20.3 Å². The van der Waals surface area contributed by atoms with Crippen LogP contribution in [0.25, 0.3) is 0 Å². The lowest BCUT2D eigenvalue weighted by Crippen LogP contribution is -2.22. The molecule has 0 aliphatic carbocycles. The van der Waals surface area contributed by atoms with Crippen LogP contribution in [0.2, 0.25) is 0 Å². The molecule has 2 amide bonds. The van der Waals surface area contributed by atoms with Gasteiger partial charge in [0.05, 0.1) is 0 Å². The summed E-state index contributed by atoms with van der Waals surface area (Å²) in [5.74, 6) is 1.47. The highest BCUT2D eigenvalue weighted by atomic mass is 16.6. The van der Waals surface area contributed by atoms with E-state index in [-0.39, 0.29) is 5.91 Å². The van der Waals surface area contributed by atoms with Gasteiger partial charge < -0.3 is 19.9 Å². The van der Waals surface area contributed by atoms with Gasteiger partial charge in [-0.25, -0.2) is 9.78 Å². The molecule has 2 N–H and O–H groups in total. The average molecular weight is 497 g/mol. The summed E-state index contributed by atoms with van der Waals surface area (Å²) in [5.41, 5.74) is 3.69. The third-order valence-corrected chi connectivity index (χ3v) is 5.57. The Morgan fingerprint density at radius 1 is 0.865 bits per heavy atom. The average Bonchev–Trinajstić information content (AvgIpc) is 2.90. The number of amides is 2. The summed E-state index contributed by atoms with van der Waals surface area (Å²) in [4.78, 5) is 37.0. The second-order valence-electron chi connectivity index (χ2n) is 8.53. The van der Waals surface area contributed by atoms with Crippen LogP contribution >= 0.6 is 0 Å². The molecule has 37 heavy (non-hydrogen) atoms. The lowest BCUT2D eigenvalue weighted by Gasteiger charge is -2.19. The van der Waals surface area contributed by atoms with E-state index in [0.717, 1.165) is 11.3 Å². The normalized spacial score (nSPS) is 10.4. The fourth-order valence-electron chi connectivity index (χ4n) is 3.54. The van der Waals surface area contributed by atoms with E-state index in [1.807, 2.05) is 49.2 Å². The smallest absolute Gasteiger partial charge is 0.410 e. The van der Waals surface area contributed by atoms with Gasteiger partial charge in [-0.2, -0.15) is 4.98 Å². The first-order valence-corrected chi connectivity index (χ1v) is 11.6. The van der Waals surface area contributed by atoms with Gasteiger partial charge in [0, 0.05) is 50.0 Å². The standard InChI is InChI=1S/C28H28N6O3/c1-19-10-11-21(18-24(19)26(35)33(2)3)30-27-29-17-16-25(32-27)34(4)22-14-12-20(13-15-22)31-28(36)37-23-8-6-5-7-9-23/h5-18H,1-4H3,(H,31,36)(H,29,30,32). The molecule has 0 saturated carbocycles. The second-order valence-corrected chi connectivity index (χ2v) is 8.53. The van der Waals surface area contributed by atoms with E-state index in [4.69, 9.17) is 4.74 Å². The fraction of sp³-hybridized carbons (Fsp3) is 0.143. The lowest BCUT2D eigenvalue weighted by atomic mass is 10.1. The molecule has 4 rings (SSSR count). The van der Waals surface area contributed by atoms with E-state index in [1.165, 1.54) is 0 Å². The molecule has 0 atom stereocenters. The quantitative estimate of drug-likeness (QED) is 0.343. The summed E-state index contributed by atoms with van der Waals surface area (Å²) in [6.07, 6.45) is 1.10. The molecule has 0 aliphatic rings. The molecule has 188 valence electrons. The van der Waals surface area contributed by atoms with Crippen molar-refractivity contribution < 1.29 is 14.3 Å². The van der Waals surface area contributed by atoms with Gasteiger partial charge in [-0.05, 0) is 67.1 Å². The summed E-state index contributed by atoms with van der Waals surface area (Å²) in [7, 11) is 5.34. The van der Waals surface area contributed by atoms with Crippen LogP contribution in [0, 0.1) is 6.92 Å². The minimum Gasteiger partial charge on any atom is -0.410 e. The zero-order valence-electron chi connectivity index (χ0n) is 21.1. The Labute approximate surface area is 215 Å². The summed E-state index contributed by atoms with van der Waals surface area (Å²) < 4.78 is 5.26. The molecule has 9 heteroatoms. The molecule has 4 aromatic rings. The van der Waals surface area contributed by atoms with E-state index >= 15 is 0 Å². The number of anilines is 5. The Kier molecular flexibility index (Phi) is 7.63. The Hall–Kier alpha value is -4.92. The zero-order valence-corrected chi connectivity index (χ0v) is 21.1. The molecule has 0 bridgehead atoms. The summed E-state index contributed by atoms with van der Waals surface area (Å²) in [5, 5.41) is 5.90. The number of nitrogens with one attached hydrogen (secondary N) is 2. The van der Waals surface area contributed by atoms with Crippen molar-refractivity contribution in [1.29, 1.82) is 0 Å². The number of para-hydroxylation sites is 1.